The second-order valence-corrected chi connectivity index (χ2v) is 5.23. The van der Waals surface area contributed by atoms with Crippen molar-refractivity contribution in [2.45, 2.75) is 31.3 Å². The van der Waals surface area contributed by atoms with E-state index in [9.17, 15) is 5.11 Å². The van der Waals surface area contributed by atoms with Crippen molar-refractivity contribution in [3.63, 3.8) is 0 Å². The van der Waals surface area contributed by atoms with Crippen LogP contribution in [0.25, 0.3) is 0 Å². The Morgan fingerprint density at radius 3 is 2.71 bits per heavy atom. The summed E-state index contributed by atoms with van der Waals surface area (Å²) in [6, 6.07) is 6.11. The van der Waals surface area contributed by atoms with Crippen LogP contribution in [-0.2, 0) is 0 Å². The number of hydrogen-bond donors (Lipinski definition) is 1. The molecule has 1 N–H and O–H groups in total. The molecule has 0 amide bonds. The molecule has 1 atom stereocenters. The second kappa shape index (κ2) is 5.79. The molecule has 1 aromatic carbocycles. The molecule has 0 bridgehead atoms. The number of thioether (sulfide) groups is 1. The average molecular weight is 275 g/mol. The quantitative estimate of drug-likeness (QED) is 0.838. The molecule has 0 fully saturated rings. The van der Waals surface area contributed by atoms with Crippen LogP contribution in [0.15, 0.2) is 27.6 Å². The molecule has 14 heavy (non-hydrogen) atoms. The zero-order valence-electron chi connectivity index (χ0n) is 8.46. The summed E-state index contributed by atoms with van der Waals surface area (Å²) in [5.41, 5.74) is 0.950. The van der Waals surface area contributed by atoms with Crippen molar-refractivity contribution in [2.24, 2.45) is 0 Å². The maximum Gasteiger partial charge on any atom is 0.0772 e. The Kier molecular flexibility index (Phi) is 4.99. The van der Waals surface area contributed by atoms with E-state index in [0.29, 0.717) is 0 Å². The van der Waals surface area contributed by atoms with Gasteiger partial charge in [0.05, 0.1) is 6.10 Å². The van der Waals surface area contributed by atoms with Gasteiger partial charge in [0.1, 0.15) is 0 Å². The predicted molar refractivity (Wildman–Crippen MR) is 65.8 cm³/mol. The van der Waals surface area contributed by atoms with E-state index < -0.39 is 6.10 Å². The zero-order chi connectivity index (χ0) is 10.6. The van der Waals surface area contributed by atoms with Gasteiger partial charge in [0.2, 0.25) is 0 Å². The Bertz CT molecular complexity index is 299. The van der Waals surface area contributed by atoms with Gasteiger partial charge in [-0.3, -0.25) is 0 Å². The van der Waals surface area contributed by atoms with Crippen LogP contribution >= 0.6 is 27.7 Å². The largest absolute Gasteiger partial charge is 0.389 e. The van der Waals surface area contributed by atoms with E-state index in [1.165, 1.54) is 11.3 Å². The first-order valence-corrected chi connectivity index (χ1v) is 6.53. The molecule has 0 heterocycles. The fourth-order valence-corrected chi connectivity index (χ4v) is 2.82. The molecule has 0 radical (unpaired) electrons. The van der Waals surface area contributed by atoms with Crippen molar-refractivity contribution >= 4 is 27.7 Å². The summed E-state index contributed by atoms with van der Waals surface area (Å²) in [5.74, 6) is 1.14. The maximum absolute atomic E-state index is 9.43. The van der Waals surface area contributed by atoms with Crippen LogP contribution in [0, 0.1) is 0 Å². The molecule has 0 saturated carbocycles. The first-order chi connectivity index (χ1) is 6.65. The standard InChI is InChI=1S/C11H15BrOS/c1-3-6-14-9-4-5-10(8(2)13)11(12)7-9/h4-5,7-8,13H,3,6H2,1-2H3. The van der Waals surface area contributed by atoms with Crippen LogP contribution in [0.2, 0.25) is 0 Å². The number of rotatable bonds is 4. The third-order valence-electron chi connectivity index (χ3n) is 1.89. The Balaban J connectivity index is 2.78. The number of halogens is 1. The molecule has 3 heteroatoms. The van der Waals surface area contributed by atoms with Gasteiger partial charge in [-0.15, -0.1) is 11.8 Å². The fraction of sp³-hybridized carbons (Fsp3) is 0.455. The molecule has 0 aliphatic rings. The van der Waals surface area contributed by atoms with Gasteiger partial charge in [0, 0.05) is 9.37 Å². The highest BCUT2D eigenvalue weighted by Crippen LogP contribution is 2.28. The van der Waals surface area contributed by atoms with Gasteiger partial charge in [-0.25, -0.2) is 0 Å². The van der Waals surface area contributed by atoms with Crippen LogP contribution in [0.4, 0.5) is 0 Å². The predicted octanol–water partition coefficient (Wildman–Crippen LogP) is 4.00. The first-order valence-electron chi connectivity index (χ1n) is 4.75. The summed E-state index contributed by atoms with van der Waals surface area (Å²) in [6.45, 7) is 3.95. The monoisotopic (exact) mass is 274 g/mol. The first kappa shape index (κ1) is 12.1. The molecule has 0 spiro atoms. The van der Waals surface area contributed by atoms with E-state index in [0.717, 1.165) is 15.8 Å². The van der Waals surface area contributed by atoms with Gasteiger partial charge in [-0.05, 0) is 36.8 Å². The minimum absolute atomic E-state index is 0.408. The molecule has 0 aromatic heterocycles. The van der Waals surface area contributed by atoms with E-state index in [2.05, 4.69) is 35.0 Å². The number of aliphatic hydroxyl groups excluding tert-OH is 1. The lowest BCUT2D eigenvalue weighted by atomic mass is 10.1. The molecule has 0 saturated heterocycles. The average Bonchev–Trinajstić information content (AvgIpc) is 2.14. The summed E-state index contributed by atoms with van der Waals surface area (Å²) >= 11 is 5.31. The van der Waals surface area contributed by atoms with Gasteiger partial charge < -0.3 is 5.11 Å². The SMILES string of the molecule is CCCSc1ccc(C(C)O)c(Br)c1. The van der Waals surface area contributed by atoms with E-state index in [-0.39, 0.29) is 0 Å². The topological polar surface area (TPSA) is 20.2 Å². The molecule has 1 aromatic rings. The summed E-state index contributed by atoms with van der Waals surface area (Å²) in [5, 5.41) is 9.43. The van der Waals surface area contributed by atoms with E-state index >= 15 is 0 Å². The Morgan fingerprint density at radius 2 is 2.21 bits per heavy atom. The van der Waals surface area contributed by atoms with Crippen LogP contribution in [0.1, 0.15) is 31.9 Å². The third kappa shape index (κ3) is 3.30. The Labute approximate surface area is 98.0 Å². The molecule has 0 aliphatic carbocycles. The van der Waals surface area contributed by atoms with E-state index in [4.69, 9.17) is 0 Å². The summed E-state index contributed by atoms with van der Waals surface area (Å²) in [7, 11) is 0. The highest BCUT2D eigenvalue weighted by molar-refractivity contribution is 9.10. The van der Waals surface area contributed by atoms with Crippen LogP contribution in [0.5, 0.6) is 0 Å². The lowest BCUT2D eigenvalue weighted by molar-refractivity contribution is 0.198. The van der Waals surface area contributed by atoms with Crippen molar-refractivity contribution in [1.82, 2.24) is 0 Å². The summed E-state index contributed by atoms with van der Waals surface area (Å²) < 4.78 is 0.994. The van der Waals surface area contributed by atoms with Crippen LogP contribution in [-0.4, -0.2) is 10.9 Å². The van der Waals surface area contributed by atoms with Crippen molar-refractivity contribution < 1.29 is 5.11 Å². The zero-order valence-corrected chi connectivity index (χ0v) is 10.9. The Hall–Kier alpha value is 0.01000. The fourth-order valence-electron chi connectivity index (χ4n) is 1.16. The highest BCUT2D eigenvalue weighted by Gasteiger charge is 2.06. The smallest absolute Gasteiger partial charge is 0.0772 e. The second-order valence-electron chi connectivity index (χ2n) is 3.21. The van der Waals surface area contributed by atoms with Gasteiger partial charge in [0.15, 0.2) is 0 Å². The molecule has 1 nitrogen and oxygen atoms in total. The number of hydrogen-bond acceptors (Lipinski definition) is 2. The lowest BCUT2D eigenvalue weighted by Crippen LogP contribution is -1.92. The van der Waals surface area contributed by atoms with Gasteiger partial charge in [0.25, 0.3) is 0 Å². The highest BCUT2D eigenvalue weighted by atomic mass is 79.9. The summed E-state index contributed by atoms with van der Waals surface area (Å²) in [4.78, 5) is 1.25. The molecular formula is C11H15BrOS. The third-order valence-corrected chi connectivity index (χ3v) is 3.78. The Morgan fingerprint density at radius 1 is 1.50 bits per heavy atom. The van der Waals surface area contributed by atoms with Crippen molar-refractivity contribution in [3.05, 3.63) is 28.2 Å². The van der Waals surface area contributed by atoms with Crippen molar-refractivity contribution in [3.8, 4) is 0 Å². The van der Waals surface area contributed by atoms with E-state index in [1.807, 2.05) is 17.8 Å². The van der Waals surface area contributed by atoms with Gasteiger partial charge >= 0.3 is 0 Å². The van der Waals surface area contributed by atoms with Crippen molar-refractivity contribution in [1.29, 1.82) is 0 Å². The molecule has 78 valence electrons. The van der Waals surface area contributed by atoms with Gasteiger partial charge in [-0.1, -0.05) is 28.9 Å². The number of aliphatic hydroxyl groups is 1. The van der Waals surface area contributed by atoms with E-state index in [1.54, 1.807) is 6.92 Å². The lowest BCUT2D eigenvalue weighted by Gasteiger charge is -2.09. The minimum Gasteiger partial charge on any atom is -0.389 e. The van der Waals surface area contributed by atoms with Gasteiger partial charge in [-0.2, -0.15) is 0 Å². The van der Waals surface area contributed by atoms with Crippen LogP contribution in [0.3, 0.4) is 0 Å². The van der Waals surface area contributed by atoms with Crippen LogP contribution < -0.4 is 0 Å². The molecule has 0 aliphatic heterocycles. The maximum atomic E-state index is 9.43. The van der Waals surface area contributed by atoms with Crippen molar-refractivity contribution in [2.75, 3.05) is 5.75 Å². The summed E-state index contributed by atoms with van der Waals surface area (Å²) in [6.07, 6.45) is 0.773. The number of benzene rings is 1. The molecule has 1 unspecified atom stereocenters. The molecular weight excluding hydrogens is 260 g/mol. The minimum atomic E-state index is -0.408. The molecule has 1 rings (SSSR count). The normalized spacial score (nSPS) is 12.9.